The van der Waals surface area contributed by atoms with Gasteiger partial charge in [-0.15, -0.1) is 0 Å². The highest BCUT2D eigenvalue weighted by atomic mass is 16.5. The van der Waals surface area contributed by atoms with Crippen LogP contribution >= 0.6 is 0 Å². The first-order chi connectivity index (χ1) is 10.6. The van der Waals surface area contributed by atoms with Crippen LogP contribution in [0.2, 0.25) is 0 Å². The molecule has 1 N–H and O–H groups in total. The molecule has 22 heavy (non-hydrogen) atoms. The van der Waals surface area contributed by atoms with Gasteiger partial charge >= 0.3 is 5.97 Å². The molecular weight excluding hydrogens is 280 g/mol. The summed E-state index contributed by atoms with van der Waals surface area (Å²) in [5, 5.41) is 9.09. The topological polar surface area (TPSA) is 53.0 Å². The Labute approximate surface area is 131 Å². The lowest BCUT2D eigenvalue weighted by Gasteiger charge is -2.31. The fraction of sp³-hybridized carbons (Fsp3) is 0.588. The first-order valence-corrected chi connectivity index (χ1v) is 8.01. The van der Waals surface area contributed by atoms with Crippen molar-refractivity contribution in [1.82, 2.24) is 9.80 Å². The highest BCUT2D eigenvalue weighted by Crippen LogP contribution is 2.35. The van der Waals surface area contributed by atoms with E-state index in [4.69, 9.17) is 9.84 Å². The summed E-state index contributed by atoms with van der Waals surface area (Å²) in [5.74, 6) is -0.841. The van der Waals surface area contributed by atoms with Crippen molar-refractivity contribution in [1.29, 1.82) is 0 Å². The van der Waals surface area contributed by atoms with Crippen LogP contribution in [-0.4, -0.2) is 67.3 Å². The Hall–Kier alpha value is -1.43. The van der Waals surface area contributed by atoms with E-state index >= 15 is 0 Å². The number of carboxylic acid groups (broad SMARTS) is 1. The largest absolute Gasteiger partial charge is 0.478 e. The number of morpholine rings is 1. The molecular formula is C17H24N2O3. The minimum atomic E-state index is -0.841. The van der Waals surface area contributed by atoms with Crippen molar-refractivity contribution < 1.29 is 14.6 Å². The summed E-state index contributed by atoms with van der Waals surface area (Å²) in [7, 11) is 2.17. The average Bonchev–Trinajstić information content (AvgIpc) is 2.96. The monoisotopic (exact) mass is 304 g/mol. The van der Waals surface area contributed by atoms with Gasteiger partial charge in [0.05, 0.1) is 18.8 Å². The molecule has 5 heteroatoms. The number of carboxylic acids is 1. The minimum absolute atomic E-state index is 0.398. The zero-order valence-electron chi connectivity index (χ0n) is 13.1. The van der Waals surface area contributed by atoms with E-state index < -0.39 is 5.97 Å². The number of rotatable bonds is 5. The van der Waals surface area contributed by atoms with Crippen molar-refractivity contribution in [3.8, 4) is 0 Å². The quantitative estimate of drug-likeness (QED) is 0.896. The van der Waals surface area contributed by atoms with Crippen LogP contribution in [-0.2, 0) is 11.2 Å². The predicted molar refractivity (Wildman–Crippen MR) is 84.4 cm³/mol. The maximum absolute atomic E-state index is 11.1. The van der Waals surface area contributed by atoms with E-state index in [1.165, 1.54) is 11.1 Å². The molecule has 0 radical (unpaired) electrons. The first-order valence-electron chi connectivity index (χ1n) is 8.01. The van der Waals surface area contributed by atoms with Gasteiger partial charge in [-0.05, 0) is 43.1 Å². The number of benzene rings is 1. The molecule has 0 aromatic heterocycles. The van der Waals surface area contributed by atoms with Crippen molar-refractivity contribution in [2.24, 2.45) is 0 Å². The second-order valence-corrected chi connectivity index (χ2v) is 6.21. The molecule has 0 bridgehead atoms. The van der Waals surface area contributed by atoms with Crippen LogP contribution in [0.15, 0.2) is 18.2 Å². The predicted octanol–water partition coefficient (Wildman–Crippen LogP) is 1.64. The molecule has 0 spiro atoms. The Morgan fingerprint density at radius 3 is 2.91 bits per heavy atom. The van der Waals surface area contributed by atoms with Crippen molar-refractivity contribution in [3.05, 3.63) is 34.9 Å². The lowest BCUT2D eigenvalue weighted by atomic mass is 10.0. The van der Waals surface area contributed by atoms with Crippen LogP contribution in [0, 0.1) is 0 Å². The first kappa shape index (κ1) is 15.5. The van der Waals surface area contributed by atoms with E-state index in [-0.39, 0.29) is 0 Å². The number of hydrogen-bond donors (Lipinski definition) is 1. The Kier molecular flexibility index (Phi) is 4.76. The summed E-state index contributed by atoms with van der Waals surface area (Å²) in [4.78, 5) is 15.9. The van der Waals surface area contributed by atoms with Crippen LogP contribution in [0.5, 0.6) is 0 Å². The number of fused-ring (bicyclic) bond motifs is 1. The average molecular weight is 304 g/mol. The Bertz CT molecular complexity index is 541. The van der Waals surface area contributed by atoms with E-state index in [9.17, 15) is 4.79 Å². The molecule has 1 aromatic carbocycles. The zero-order valence-corrected chi connectivity index (χ0v) is 13.1. The summed E-state index contributed by atoms with van der Waals surface area (Å²) in [5.41, 5.74) is 2.90. The molecule has 0 saturated carbocycles. The Morgan fingerprint density at radius 2 is 2.18 bits per heavy atom. The molecule has 1 fully saturated rings. The van der Waals surface area contributed by atoms with Crippen LogP contribution < -0.4 is 0 Å². The molecule has 5 nitrogen and oxygen atoms in total. The molecule has 3 rings (SSSR count). The third-order valence-corrected chi connectivity index (χ3v) is 4.84. The van der Waals surface area contributed by atoms with Gasteiger partial charge in [0.15, 0.2) is 0 Å². The summed E-state index contributed by atoms with van der Waals surface area (Å²) in [6.45, 7) is 5.83. The van der Waals surface area contributed by atoms with E-state index in [2.05, 4.69) is 16.8 Å². The molecule has 1 aliphatic heterocycles. The van der Waals surface area contributed by atoms with Crippen molar-refractivity contribution in [3.63, 3.8) is 0 Å². The number of hydrogen-bond acceptors (Lipinski definition) is 4. The minimum Gasteiger partial charge on any atom is -0.478 e. The SMILES string of the molecule is CN(CCN1CCOCC1)[C@H]1CCc2cc(C(=O)O)ccc21. The smallest absolute Gasteiger partial charge is 0.335 e. The normalized spacial score (nSPS) is 22.0. The number of nitrogens with zero attached hydrogens (tertiary/aromatic N) is 2. The van der Waals surface area contributed by atoms with Crippen LogP contribution in [0.4, 0.5) is 0 Å². The number of carbonyl (C=O) groups is 1. The molecule has 1 heterocycles. The summed E-state index contributed by atoms with van der Waals surface area (Å²) in [6.07, 6.45) is 2.06. The van der Waals surface area contributed by atoms with E-state index in [1.807, 2.05) is 12.1 Å². The number of likely N-dealkylation sites (N-methyl/N-ethyl adjacent to an activating group) is 1. The van der Waals surface area contributed by atoms with Crippen molar-refractivity contribution in [2.45, 2.75) is 18.9 Å². The van der Waals surface area contributed by atoms with Gasteiger partial charge in [0, 0.05) is 32.2 Å². The van der Waals surface area contributed by atoms with Crippen LogP contribution in [0.1, 0.15) is 33.9 Å². The van der Waals surface area contributed by atoms with Gasteiger partial charge in [0.2, 0.25) is 0 Å². The molecule has 0 amide bonds. The number of ether oxygens (including phenoxy) is 1. The third-order valence-electron chi connectivity index (χ3n) is 4.84. The highest BCUT2D eigenvalue weighted by Gasteiger charge is 2.26. The molecule has 1 aliphatic carbocycles. The van der Waals surface area contributed by atoms with Crippen LogP contribution in [0.25, 0.3) is 0 Å². The molecule has 2 aliphatic rings. The lowest BCUT2D eigenvalue weighted by molar-refractivity contribution is 0.0325. The van der Waals surface area contributed by atoms with E-state index in [0.29, 0.717) is 11.6 Å². The summed E-state index contributed by atoms with van der Waals surface area (Å²) < 4.78 is 5.38. The van der Waals surface area contributed by atoms with Crippen molar-refractivity contribution >= 4 is 5.97 Å². The highest BCUT2D eigenvalue weighted by molar-refractivity contribution is 5.88. The van der Waals surface area contributed by atoms with Gasteiger partial charge in [-0.25, -0.2) is 4.79 Å². The van der Waals surface area contributed by atoms with E-state index in [0.717, 1.165) is 52.2 Å². The van der Waals surface area contributed by atoms with Gasteiger partial charge in [0.25, 0.3) is 0 Å². The fourth-order valence-corrected chi connectivity index (χ4v) is 3.47. The third kappa shape index (κ3) is 3.32. The summed E-state index contributed by atoms with van der Waals surface area (Å²) in [6, 6.07) is 5.99. The second kappa shape index (κ2) is 6.77. The molecule has 1 saturated heterocycles. The van der Waals surface area contributed by atoms with Gasteiger partial charge in [0.1, 0.15) is 0 Å². The maximum Gasteiger partial charge on any atom is 0.335 e. The Morgan fingerprint density at radius 1 is 1.41 bits per heavy atom. The molecule has 1 aromatic rings. The number of aryl methyl sites for hydroxylation is 1. The standard InChI is InChI=1S/C17H24N2O3/c1-18(6-7-19-8-10-22-11-9-19)16-5-3-13-12-14(17(20)21)2-4-15(13)16/h2,4,12,16H,3,5-11H2,1H3,(H,20,21)/t16-/m0/s1. The lowest BCUT2D eigenvalue weighted by Crippen LogP contribution is -2.41. The molecule has 120 valence electrons. The Balaban J connectivity index is 1.61. The van der Waals surface area contributed by atoms with Gasteiger partial charge in [-0.3, -0.25) is 9.80 Å². The molecule has 1 atom stereocenters. The van der Waals surface area contributed by atoms with Gasteiger partial charge in [-0.1, -0.05) is 6.07 Å². The second-order valence-electron chi connectivity index (χ2n) is 6.21. The fourth-order valence-electron chi connectivity index (χ4n) is 3.47. The van der Waals surface area contributed by atoms with Crippen molar-refractivity contribution in [2.75, 3.05) is 46.4 Å². The number of aromatic carboxylic acids is 1. The molecule has 0 unspecified atom stereocenters. The van der Waals surface area contributed by atoms with Gasteiger partial charge in [-0.2, -0.15) is 0 Å². The van der Waals surface area contributed by atoms with Crippen LogP contribution in [0.3, 0.4) is 0 Å². The summed E-state index contributed by atoms with van der Waals surface area (Å²) >= 11 is 0. The van der Waals surface area contributed by atoms with Gasteiger partial charge < -0.3 is 9.84 Å². The maximum atomic E-state index is 11.1. The zero-order chi connectivity index (χ0) is 15.5. The van der Waals surface area contributed by atoms with E-state index in [1.54, 1.807) is 6.07 Å².